The summed E-state index contributed by atoms with van der Waals surface area (Å²) in [6, 6.07) is 3.43. The molecular weight excluding hydrogens is 415 g/mol. The molecule has 2 aromatic rings. The van der Waals surface area contributed by atoms with Crippen LogP contribution in [0.1, 0.15) is 6.42 Å². The molecule has 0 atom stereocenters. The number of alkyl halides is 3. The van der Waals surface area contributed by atoms with Gasteiger partial charge in [-0.25, -0.2) is 4.68 Å². The molecule has 0 radical (unpaired) electrons. The quantitative estimate of drug-likeness (QED) is 0.395. The number of pyridine rings is 1. The summed E-state index contributed by atoms with van der Waals surface area (Å²) in [4.78, 5) is 17.6. The molecule has 1 N–H and O–H groups in total. The number of aromatic nitrogens is 3. The molecule has 2 heterocycles. The lowest BCUT2D eigenvalue weighted by Crippen LogP contribution is -2.37. The number of hydrogen-bond donors (Lipinski definition) is 1. The van der Waals surface area contributed by atoms with Gasteiger partial charge in [0.25, 0.3) is 5.91 Å². The van der Waals surface area contributed by atoms with Crippen LogP contribution in [0.5, 0.6) is 0 Å². The Morgan fingerprint density at radius 3 is 2.82 bits per heavy atom. The number of thioether (sulfide) groups is 1. The second-order valence-corrected chi connectivity index (χ2v) is 6.92. The van der Waals surface area contributed by atoms with Crippen LogP contribution in [0.4, 0.5) is 18.9 Å². The largest absolute Gasteiger partial charge is 0.389 e. The van der Waals surface area contributed by atoms with Gasteiger partial charge >= 0.3 is 6.18 Å². The number of rotatable bonds is 8. The Morgan fingerprint density at radius 1 is 1.46 bits per heavy atom. The third-order valence-electron chi connectivity index (χ3n) is 3.38. The zero-order valence-corrected chi connectivity index (χ0v) is 16.0. The molecule has 2 aromatic heterocycles. The molecule has 1 amide bonds. The maximum absolute atomic E-state index is 12.6. The number of amides is 1. The minimum Gasteiger partial charge on any atom is -0.299 e. The van der Waals surface area contributed by atoms with E-state index in [2.05, 4.69) is 16.0 Å². The van der Waals surface area contributed by atoms with Gasteiger partial charge in [-0.15, -0.1) is 6.42 Å². The average molecular weight is 430 g/mol. The van der Waals surface area contributed by atoms with E-state index in [-0.39, 0.29) is 34.6 Å². The van der Waals surface area contributed by atoms with E-state index in [1.54, 1.807) is 24.5 Å². The highest BCUT2D eigenvalue weighted by Gasteiger charge is 2.27. The zero-order valence-electron chi connectivity index (χ0n) is 14.4. The van der Waals surface area contributed by atoms with E-state index in [1.165, 1.54) is 10.9 Å². The van der Waals surface area contributed by atoms with Crippen LogP contribution in [0.2, 0.25) is 5.15 Å². The van der Waals surface area contributed by atoms with Crippen LogP contribution in [0.25, 0.3) is 5.69 Å². The minimum atomic E-state index is -4.27. The molecule has 0 unspecified atom stereocenters. The highest BCUT2D eigenvalue weighted by Crippen LogP contribution is 2.27. The molecule has 6 nitrogen and oxygen atoms in total. The fourth-order valence-electron chi connectivity index (χ4n) is 2.09. The van der Waals surface area contributed by atoms with Gasteiger partial charge in [-0.05, 0) is 12.1 Å². The average Bonchev–Trinajstić information content (AvgIpc) is 3.04. The molecule has 0 aliphatic rings. The molecule has 0 aromatic carbocycles. The third kappa shape index (κ3) is 6.00. The van der Waals surface area contributed by atoms with Crippen molar-refractivity contribution in [2.24, 2.45) is 0 Å². The molecule has 148 valence electrons. The first-order chi connectivity index (χ1) is 13.2. The van der Waals surface area contributed by atoms with Gasteiger partial charge in [0.2, 0.25) is 0 Å². The number of nitrogens with one attached hydrogen (secondary N) is 1. The Balaban J connectivity index is 2.12. The summed E-state index contributed by atoms with van der Waals surface area (Å²) in [6.45, 7) is -0.174. The van der Waals surface area contributed by atoms with Gasteiger partial charge < -0.3 is 0 Å². The number of nitrogens with zero attached hydrogens (tertiary/aromatic N) is 4. The second-order valence-electron chi connectivity index (χ2n) is 5.45. The van der Waals surface area contributed by atoms with Crippen molar-refractivity contribution in [3.63, 3.8) is 0 Å². The van der Waals surface area contributed by atoms with Crippen LogP contribution >= 0.6 is 23.4 Å². The van der Waals surface area contributed by atoms with E-state index in [4.69, 9.17) is 23.4 Å². The van der Waals surface area contributed by atoms with Crippen LogP contribution in [-0.4, -0.2) is 50.6 Å². The summed E-state index contributed by atoms with van der Waals surface area (Å²) >= 11 is 6.98. The lowest BCUT2D eigenvalue weighted by atomic mass is 10.3. The number of carbonyl (C=O) groups excluding carboxylic acids is 1. The van der Waals surface area contributed by atoms with Crippen molar-refractivity contribution in [3.05, 3.63) is 35.9 Å². The molecule has 0 bridgehead atoms. The van der Waals surface area contributed by atoms with Crippen molar-refractivity contribution >= 4 is 40.7 Å². The SMILES string of the molecule is C#CCN(C(=O)C(=N)CSCCC(F)(F)F)c1cn(-c2cccnc2)nc1Cl. The lowest BCUT2D eigenvalue weighted by molar-refractivity contribution is -0.129. The molecule has 28 heavy (non-hydrogen) atoms. The van der Waals surface area contributed by atoms with Crippen LogP contribution in [0, 0.1) is 17.8 Å². The number of hydrogen-bond acceptors (Lipinski definition) is 5. The molecule has 2 rings (SSSR count). The molecule has 0 saturated carbocycles. The number of anilines is 1. The van der Waals surface area contributed by atoms with Crippen molar-refractivity contribution < 1.29 is 18.0 Å². The van der Waals surface area contributed by atoms with Crippen molar-refractivity contribution in [2.45, 2.75) is 12.6 Å². The van der Waals surface area contributed by atoms with E-state index >= 15 is 0 Å². The van der Waals surface area contributed by atoms with E-state index in [9.17, 15) is 18.0 Å². The van der Waals surface area contributed by atoms with Gasteiger partial charge in [0.05, 0.1) is 31.0 Å². The Hall–Kier alpha value is -2.51. The van der Waals surface area contributed by atoms with Crippen LogP contribution in [-0.2, 0) is 4.79 Å². The summed E-state index contributed by atoms with van der Waals surface area (Å²) in [5.74, 6) is 1.15. The first kappa shape index (κ1) is 21.8. The van der Waals surface area contributed by atoms with E-state index < -0.39 is 18.5 Å². The minimum absolute atomic E-state index is 0.00928. The monoisotopic (exact) mass is 429 g/mol. The second kappa shape index (κ2) is 9.61. The van der Waals surface area contributed by atoms with Crippen molar-refractivity contribution in [1.29, 1.82) is 5.41 Å². The normalized spacial score (nSPS) is 11.1. The van der Waals surface area contributed by atoms with Crippen LogP contribution in [0.3, 0.4) is 0 Å². The maximum Gasteiger partial charge on any atom is 0.389 e. The van der Waals surface area contributed by atoms with Crippen molar-refractivity contribution in [3.8, 4) is 18.0 Å². The topological polar surface area (TPSA) is 74.9 Å². The number of halogens is 4. The van der Waals surface area contributed by atoms with Gasteiger partial charge in [-0.2, -0.15) is 30.0 Å². The molecule has 0 aliphatic heterocycles. The zero-order chi connectivity index (χ0) is 20.7. The molecule has 0 fully saturated rings. The Morgan fingerprint density at radius 2 is 2.21 bits per heavy atom. The van der Waals surface area contributed by atoms with Crippen molar-refractivity contribution in [1.82, 2.24) is 14.8 Å². The summed E-state index contributed by atoms with van der Waals surface area (Å²) in [6.07, 6.45) is 4.65. The molecule has 0 aliphatic carbocycles. The van der Waals surface area contributed by atoms with Gasteiger partial charge in [0.1, 0.15) is 11.4 Å². The third-order valence-corrected chi connectivity index (χ3v) is 4.64. The van der Waals surface area contributed by atoms with E-state index in [0.717, 1.165) is 16.7 Å². The highest BCUT2D eigenvalue weighted by molar-refractivity contribution is 8.00. The summed E-state index contributed by atoms with van der Waals surface area (Å²) in [7, 11) is 0. The molecular formula is C17H15ClF3N5OS. The maximum atomic E-state index is 12.6. The van der Waals surface area contributed by atoms with Crippen molar-refractivity contribution in [2.75, 3.05) is 23.0 Å². The molecule has 0 spiro atoms. The molecule has 11 heteroatoms. The fourth-order valence-corrected chi connectivity index (χ4v) is 3.17. The van der Waals surface area contributed by atoms with Gasteiger partial charge in [0, 0.05) is 17.7 Å². The lowest BCUT2D eigenvalue weighted by Gasteiger charge is -2.19. The predicted octanol–water partition coefficient (Wildman–Crippen LogP) is 3.59. The van der Waals surface area contributed by atoms with E-state index in [0.29, 0.717) is 5.69 Å². The Kier molecular flexibility index (Phi) is 7.48. The Labute approximate surface area is 168 Å². The smallest absolute Gasteiger partial charge is 0.299 e. The fraction of sp³-hybridized carbons (Fsp3) is 0.294. The standard InChI is InChI=1S/C17H15ClF3N5OS/c1-2-7-25(16(27)13(22)11-28-8-5-17(19,20)21)14-10-26(24-15(14)18)12-4-3-6-23-9-12/h1,3-4,6,9-10,22H,5,7-8,11H2. The molecule has 0 saturated heterocycles. The van der Waals surface area contributed by atoms with Gasteiger partial charge in [0.15, 0.2) is 5.15 Å². The van der Waals surface area contributed by atoms with Crippen LogP contribution < -0.4 is 4.90 Å². The number of carbonyl (C=O) groups is 1. The summed E-state index contributed by atoms with van der Waals surface area (Å²) in [5.41, 5.74) is 0.410. The van der Waals surface area contributed by atoms with Crippen LogP contribution in [0.15, 0.2) is 30.7 Å². The Bertz CT molecular complexity index is 879. The van der Waals surface area contributed by atoms with Gasteiger partial charge in [-0.3, -0.25) is 20.1 Å². The first-order valence-electron chi connectivity index (χ1n) is 7.85. The van der Waals surface area contributed by atoms with E-state index in [1.807, 2.05) is 0 Å². The number of terminal acetylenes is 1. The summed E-state index contributed by atoms with van der Waals surface area (Å²) < 4.78 is 38.0. The first-order valence-corrected chi connectivity index (χ1v) is 9.39. The van der Waals surface area contributed by atoms with Gasteiger partial charge in [-0.1, -0.05) is 17.5 Å². The summed E-state index contributed by atoms with van der Waals surface area (Å²) in [5, 5.41) is 12.0. The predicted molar refractivity (Wildman–Crippen MR) is 103 cm³/mol. The highest BCUT2D eigenvalue weighted by atomic mass is 35.5.